The number of fused-ring (bicyclic) bond motifs is 2. The van der Waals surface area contributed by atoms with Crippen molar-refractivity contribution < 1.29 is 30.6 Å². The largest absolute Gasteiger partial charge is 0.741 e. The number of hydrogen-bond donors (Lipinski definition) is 0. The Bertz CT molecular complexity index is 1630. The van der Waals surface area contributed by atoms with Crippen LogP contribution in [0.25, 0.3) is 21.9 Å². The first-order valence-electron chi connectivity index (χ1n) is 10.4. The van der Waals surface area contributed by atoms with E-state index in [0.717, 1.165) is 31.3 Å². The Morgan fingerprint density at radius 2 is 1.19 bits per heavy atom. The number of hydrogen-bond acceptors (Lipinski definition) is 5. The highest BCUT2D eigenvalue weighted by Crippen LogP contribution is 2.37. The molecule has 1 aromatic heterocycles. The summed E-state index contributed by atoms with van der Waals surface area (Å²) in [6.45, 7) is 0. The molecule has 0 spiro atoms. The minimum absolute atomic E-state index is 0.280. The first-order chi connectivity index (χ1) is 17.1. The molecule has 0 radical (unpaired) electrons. The molecular formula is C26H17F3O4S3. The van der Waals surface area contributed by atoms with Gasteiger partial charge in [0.05, 0.1) is 4.51 Å². The Hall–Kier alpha value is -3.18. The van der Waals surface area contributed by atoms with Crippen molar-refractivity contribution >= 4 is 55.2 Å². The van der Waals surface area contributed by atoms with E-state index in [1.165, 1.54) is 9.79 Å². The van der Waals surface area contributed by atoms with Crippen molar-refractivity contribution in [1.82, 2.24) is 0 Å². The third-order valence-electron chi connectivity index (χ3n) is 5.03. The van der Waals surface area contributed by atoms with Crippen LogP contribution in [-0.4, -0.2) is 18.5 Å². The number of para-hydroxylation sites is 2. The van der Waals surface area contributed by atoms with Crippen LogP contribution in [0.15, 0.2) is 122 Å². The van der Waals surface area contributed by atoms with Crippen molar-refractivity contribution in [2.24, 2.45) is 0 Å². The lowest BCUT2D eigenvalue weighted by Crippen LogP contribution is -2.21. The minimum Gasteiger partial charge on any atom is -0.741 e. The molecule has 0 aliphatic carbocycles. The topological polar surface area (TPSA) is 70.3 Å². The van der Waals surface area contributed by atoms with Gasteiger partial charge in [0.1, 0.15) is 16.5 Å². The smallest absolute Gasteiger partial charge is 0.485 e. The number of rotatable bonds is 3. The summed E-state index contributed by atoms with van der Waals surface area (Å²) in [6.07, 6.45) is 0. The number of halogens is 3. The summed E-state index contributed by atoms with van der Waals surface area (Å²) < 4.78 is 66.2. The maximum atomic E-state index is 10.7. The van der Waals surface area contributed by atoms with E-state index in [1.54, 1.807) is 0 Å². The Balaban J connectivity index is 0.000000331. The van der Waals surface area contributed by atoms with Crippen LogP contribution in [0, 0.1) is 4.51 Å². The molecule has 0 aliphatic rings. The van der Waals surface area contributed by atoms with Gasteiger partial charge in [-0.15, -0.1) is 0 Å². The zero-order valence-electron chi connectivity index (χ0n) is 18.3. The van der Waals surface area contributed by atoms with Gasteiger partial charge in [0.2, 0.25) is 4.90 Å². The van der Waals surface area contributed by atoms with E-state index in [1.807, 2.05) is 24.3 Å². The summed E-state index contributed by atoms with van der Waals surface area (Å²) in [5.74, 6) is 0. The fourth-order valence-electron chi connectivity index (χ4n) is 3.46. The highest BCUT2D eigenvalue weighted by molar-refractivity contribution is 7.97. The van der Waals surface area contributed by atoms with Gasteiger partial charge in [-0.1, -0.05) is 66.8 Å². The van der Waals surface area contributed by atoms with Crippen molar-refractivity contribution in [3.8, 4) is 0 Å². The van der Waals surface area contributed by atoms with Crippen molar-refractivity contribution in [2.45, 2.75) is 20.2 Å². The maximum absolute atomic E-state index is 10.7. The van der Waals surface area contributed by atoms with Gasteiger partial charge < -0.3 is 8.97 Å². The van der Waals surface area contributed by atoms with E-state index in [4.69, 9.17) is 29.6 Å². The van der Waals surface area contributed by atoms with Gasteiger partial charge in [-0.25, -0.2) is 8.42 Å². The lowest BCUT2D eigenvalue weighted by molar-refractivity contribution is -0.0517. The first-order valence-corrected chi connectivity index (χ1v) is 13.4. The van der Waals surface area contributed by atoms with E-state index < -0.39 is 15.6 Å². The molecule has 0 amide bonds. The Morgan fingerprint density at radius 1 is 0.722 bits per heavy atom. The molecule has 0 unspecified atom stereocenters. The van der Waals surface area contributed by atoms with E-state index >= 15 is 0 Å². The van der Waals surface area contributed by atoms with Crippen LogP contribution in [0.4, 0.5) is 13.2 Å². The van der Waals surface area contributed by atoms with Crippen LogP contribution < -0.4 is 0 Å². The highest BCUT2D eigenvalue weighted by Gasteiger charge is 2.37. The molecule has 5 rings (SSSR count). The third kappa shape index (κ3) is 5.46. The molecule has 0 saturated heterocycles. The highest BCUT2D eigenvalue weighted by atomic mass is 32.2. The zero-order valence-corrected chi connectivity index (χ0v) is 20.8. The summed E-state index contributed by atoms with van der Waals surface area (Å²) in [5.41, 5.74) is -3.94. The van der Waals surface area contributed by atoms with Crippen LogP contribution >= 0.6 is 12.2 Å². The third-order valence-corrected chi connectivity index (χ3v) is 8.28. The van der Waals surface area contributed by atoms with E-state index in [9.17, 15) is 13.2 Å². The fourth-order valence-corrected chi connectivity index (χ4v) is 5.98. The molecule has 0 aliphatic heterocycles. The van der Waals surface area contributed by atoms with Crippen LogP contribution in [0.2, 0.25) is 0 Å². The number of benzene rings is 4. The molecule has 0 fully saturated rings. The molecule has 4 aromatic carbocycles. The quantitative estimate of drug-likeness (QED) is 0.0772. The molecule has 5 aromatic rings. The molecule has 10 heteroatoms. The standard InChI is InChI=1S/C25H17OS2.CHF3O3S/c27-25-20-14-7-8-16-22(20)26-24-21(25)15-9-17-23(24)28(18-10-3-1-4-11-18)19-12-5-2-6-13-19;2-1(3,4)8(5,6)7/h1-17H;(H,5,6,7)/q+1;/p-1. The summed E-state index contributed by atoms with van der Waals surface area (Å²) >= 11 is 5.82. The van der Waals surface area contributed by atoms with Crippen LogP contribution in [0.5, 0.6) is 0 Å². The Kier molecular flexibility index (Phi) is 7.51. The van der Waals surface area contributed by atoms with Gasteiger partial charge in [0.15, 0.2) is 25.5 Å². The first kappa shape index (κ1) is 25.9. The van der Waals surface area contributed by atoms with Crippen molar-refractivity contribution in [3.05, 3.63) is 108 Å². The maximum Gasteiger partial charge on any atom is 0.485 e. The molecule has 36 heavy (non-hydrogen) atoms. The lowest BCUT2D eigenvalue weighted by Gasteiger charge is -2.10. The summed E-state index contributed by atoms with van der Waals surface area (Å²) in [5, 5.41) is 1.98. The van der Waals surface area contributed by atoms with Crippen LogP contribution in [0.3, 0.4) is 0 Å². The van der Waals surface area contributed by atoms with Gasteiger partial charge in [0, 0.05) is 10.8 Å². The van der Waals surface area contributed by atoms with Crippen LogP contribution in [-0.2, 0) is 21.0 Å². The summed E-state index contributed by atoms with van der Waals surface area (Å²) in [7, 11) is -6.37. The molecule has 0 atom stereocenters. The molecule has 184 valence electrons. The van der Waals surface area contributed by atoms with E-state index in [-0.39, 0.29) is 10.9 Å². The normalized spacial score (nSPS) is 11.9. The summed E-state index contributed by atoms with van der Waals surface area (Å²) in [6, 6.07) is 35.5. The predicted molar refractivity (Wildman–Crippen MR) is 135 cm³/mol. The van der Waals surface area contributed by atoms with E-state index in [2.05, 4.69) is 78.9 Å². The Labute approximate surface area is 213 Å². The fraction of sp³-hybridized carbons (Fsp3) is 0.0385. The van der Waals surface area contributed by atoms with E-state index in [0.29, 0.717) is 0 Å². The Morgan fingerprint density at radius 3 is 1.72 bits per heavy atom. The summed E-state index contributed by atoms with van der Waals surface area (Å²) in [4.78, 5) is 3.68. The van der Waals surface area contributed by atoms with Crippen molar-refractivity contribution in [2.75, 3.05) is 0 Å². The second-order valence-electron chi connectivity index (χ2n) is 7.39. The van der Waals surface area contributed by atoms with Gasteiger partial charge >= 0.3 is 5.51 Å². The molecule has 4 nitrogen and oxygen atoms in total. The van der Waals surface area contributed by atoms with Gasteiger partial charge in [-0.3, -0.25) is 0 Å². The predicted octanol–water partition coefficient (Wildman–Crippen LogP) is 7.46. The van der Waals surface area contributed by atoms with Gasteiger partial charge in [-0.05, 0) is 48.5 Å². The van der Waals surface area contributed by atoms with Gasteiger partial charge in [0.25, 0.3) is 0 Å². The molecule has 0 saturated carbocycles. The zero-order chi connectivity index (χ0) is 25.9. The van der Waals surface area contributed by atoms with Crippen molar-refractivity contribution in [1.29, 1.82) is 0 Å². The molecule has 0 N–H and O–H groups in total. The molecular weight excluding hydrogens is 529 g/mol. The van der Waals surface area contributed by atoms with Gasteiger partial charge in [-0.2, -0.15) is 13.2 Å². The molecule has 0 bridgehead atoms. The average Bonchev–Trinajstić information content (AvgIpc) is 2.85. The average molecular weight is 547 g/mol. The SMILES string of the molecule is O=S(=O)([O-])C(F)(F)F.S=c1c2ccccc2oc2c([S+](c3ccccc3)c3ccccc3)cccc12. The minimum atomic E-state index is -6.09. The number of alkyl halides is 3. The lowest BCUT2D eigenvalue weighted by atomic mass is 10.1. The van der Waals surface area contributed by atoms with Crippen LogP contribution in [0.1, 0.15) is 0 Å². The van der Waals surface area contributed by atoms with Crippen molar-refractivity contribution in [3.63, 3.8) is 0 Å². The molecule has 1 heterocycles. The second-order valence-corrected chi connectivity index (χ2v) is 11.2. The monoisotopic (exact) mass is 546 g/mol. The second kappa shape index (κ2) is 10.4.